The van der Waals surface area contributed by atoms with Crippen molar-refractivity contribution in [2.24, 2.45) is 0 Å². The topological polar surface area (TPSA) is 0 Å². The molecule has 0 aliphatic rings. The Labute approximate surface area is 93.7 Å². The molecule has 0 aliphatic heterocycles. The van der Waals surface area contributed by atoms with Crippen LogP contribution in [0.2, 0.25) is 18.1 Å². The Kier molecular flexibility index (Phi) is 29.7. The summed E-state index contributed by atoms with van der Waals surface area (Å²) in [7, 11) is -0.0502. The van der Waals surface area contributed by atoms with Gasteiger partial charge in [-0.15, -0.1) is 0 Å². The normalized spacial score (nSPS) is 8.18. The molecule has 0 bridgehead atoms. The van der Waals surface area contributed by atoms with E-state index < -0.39 is 0 Å². The number of hydrogen-bond donors (Lipinski definition) is 0. The van der Waals surface area contributed by atoms with E-state index in [9.17, 15) is 0 Å². The molecule has 0 saturated carbocycles. The van der Waals surface area contributed by atoms with Crippen molar-refractivity contribution < 1.29 is 0 Å². The van der Waals surface area contributed by atoms with Gasteiger partial charge in [-0.05, 0) is 5.04 Å². The molecule has 0 nitrogen and oxygen atoms in total. The van der Waals surface area contributed by atoms with Gasteiger partial charge in [-0.2, -0.15) is 0 Å². The maximum atomic E-state index is 2.35. The average Bonchev–Trinajstić information content (AvgIpc) is 1.31. The van der Waals surface area contributed by atoms with E-state index in [1.54, 1.807) is 0 Å². The van der Waals surface area contributed by atoms with Crippen molar-refractivity contribution in [1.82, 2.24) is 0 Å². The molecule has 0 amide bonds. The second-order valence-corrected chi connectivity index (χ2v) is 6.75. The van der Waals surface area contributed by atoms with Crippen molar-refractivity contribution in [2.45, 2.75) is 61.2 Å². The smallest absolute Gasteiger partial charge is 0.0470 e. The summed E-state index contributed by atoms with van der Waals surface area (Å²) in [6.07, 6.45) is 0. The van der Waals surface area contributed by atoms with E-state index in [4.69, 9.17) is 0 Å². The van der Waals surface area contributed by atoms with E-state index in [1.807, 2.05) is 0 Å². The first-order chi connectivity index (χ1) is 2.94. The Bertz CT molecular complexity index is 55.1. The molecule has 0 heterocycles. The van der Waals surface area contributed by atoms with Gasteiger partial charge in [0.05, 0.1) is 0 Å². The minimum atomic E-state index is -0.0502. The standard InChI is InChI=1S/C6H15Si.3CH4.Sn/c1-6(2,3)7(4)5;;;;/h1-5H3;3*1H4;. The van der Waals surface area contributed by atoms with Gasteiger partial charge in [0.2, 0.25) is 0 Å². The molecule has 71 valence electrons. The van der Waals surface area contributed by atoms with Crippen LogP contribution in [0, 0.1) is 0 Å². The molecule has 5 radical (unpaired) electrons. The number of rotatable bonds is 0. The molecule has 0 aromatic heterocycles. The maximum absolute atomic E-state index is 2.35. The van der Waals surface area contributed by atoms with Gasteiger partial charge in [0.25, 0.3) is 0 Å². The first-order valence-corrected chi connectivity index (χ1v) is 5.25. The van der Waals surface area contributed by atoms with E-state index in [2.05, 4.69) is 33.9 Å². The molecule has 0 spiro atoms. The maximum Gasteiger partial charge on any atom is 0.0470 e. The zero-order chi connectivity index (χ0) is 6.08. The third kappa shape index (κ3) is 18.2. The quantitative estimate of drug-likeness (QED) is 0.587. The summed E-state index contributed by atoms with van der Waals surface area (Å²) >= 11 is 0. The predicted octanol–water partition coefficient (Wildman–Crippen LogP) is 4.07. The summed E-state index contributed by atoms with van der Waals surface area (Å²) < 4.78 is 0. The SMILES string of the molecule is C.C.C.C[Si](C)C(C)(C)C.[Sn]. The van der Waals surface area contributed by atoms with Gasteiger partial charge in [-0.25, -0.2) is 0 Å². The zero-order valence-corrected chi connectivity index (χ0v) is 10.4. The molecule has 0 saturated heterocycles. The van der Waals surface area contributed by atoms with Crippen LogP contribution < -0.4 is 0 Å². The van der Waals surface area contributed by atoms with Gasteiger partial charge in [0.15, 0.2) is 0 Å². The fourth-order valence-corrected chi connectivity index (χ4v) is 0. The van der Waals surface area contributed by atoms with Gasteiger partial charge >= 0.3 is 0 Å². The van der Waals surface area contributed by atoms with Crippen LogP contribution >= 0.6 is 0 Å². The summed E-state index contributed by atoms with van der Waals surface area (Å²) in [4.78, 5) is 0. The van der Waals surface area contributed by atoms with Crippen LogP contribution in [0.4, 0.5) is 0 Å². The second-order valence-electron chi connectivity index (χ2n) is 3.25. The minimum absolute atomic E-state index is 0. The summed E-state index contributed by atoms with van der Waals surface area (Å²) in [6, 6.07) is 0. The van der Waals surface area contributed by atoms with Crippen molar-refractivity contribution in [2.75, 3.05) is 0 Å². The first-order valence-electron chi connectivity index (χ1n) is 2.75. The van der Waals surface area contributed by atoms with Gasteiger partial charge in [-0.3, -0.25) is 0 Å². The molecule has 0 N–H and O–H groups in total. The van der Waals surface area contributed by atoms with E-state index in [-0.39, 0.29) is 55.0 Å². The molecule has 0 aromatic rings. The van der Waals surface area contributed by atoms with Crippen LogP contribution in [0.25, 0.3) is 0 Å². The monoisotopic (exact) mass is 283 g/mol. The third-order valence-electron chi connectivity index (χ3n) is 1.50. The van der Waals surface area contributed by atoms with Crippen molar-refractivity contribution in [3.8, 4) is 0 Å². The van der Waals surface area contributed by atoms with Crippen molar-refractivity contribution in [1.29, 1.82) is 0 Å². The predicted molar refractivity (Wildman–Crippen MR) is 63.1 cm³/mol. The van der Waals surface area contributed by atoms with Crippen LogP contribution in [0.15, 0.2) is 0 Å². The summed E-state index contributed by atoms with van der Waals surface area (Å²) in [5, 5.41) is 0.602. The second kappa shape index (κ2) is 11.0. The van der Waals surface area contributed by atoms with Gasteiger partial charge in [0, 0.05) is 32.7 Å². The Hall–Kier alpha value is 1.02. The molecule has 0 unspecified atom stereocenters. The van der Waals surface area contributed by atoms with Crippen LogP contribution in [0.5, 0.6) is 0 Å². The fourth-order valence-electron chi connectivity index (χ4n) is 0. The van der Waals surface area contributed by atoms with E-state index in [1.165, 1.54) is 0 Å². The molecule has 0 fully saturated rings. The largest absolute Gasteiger partial charge is 0.0776 e. The Morgan fingerprint density at radius 2 is 0.909 bits per heavy atom. The van der Waals surface area contributed by atoms with Gasteiger partial charge in [0.1, 0.15) is 0 Å². The fraction of sp³-hybridized carbons (Fsp3) is 1.00. The molecule has 11 heavy (non-hydrogen) atoms. The van der Waals surface area contributed by atoms with E-state index >= 15 is 0 Å². The van der Waals surface area contributed by atoms with Crippen LogP contribution in [0.1, 0.15) is 43.1 Å². The van der Waals surface area contributed by atoms with E-state index in [0.29, 0.717) is 5.04 Å². The van der Waals surface area contributed by atoms with Gasteiger partial charge < -0.3 is 0 Å². The zero-order valence-electron chi connectivity index (χ0n) is 6.50. The molecule has 0 rings (SSSR count). The molecular formula is C9H27SiSn. The molecule has 0 atom stereocenters. The summed E-state index contributed by atoms with van der Waals surface area (Å²) in [6.45, 7) is 11.6. The third-order valence-corrected chi connectivity index (χ3v) is 4.50. The van der Waals surface area contributed by atoms with E-state index in [0.717, 1.165) is 0 Å². The Morgan fingerprint density at radius 3 is 0.909 bits per heavy atom. The van der Waals surface area contributed by atoms with Crippen LogP contribution in [-0.4, -0.2) is 32.7 Å². The summed E-state index contributed by atoms with van der Waals surface area (Å²) in [5.41, 5.74) is 0. The average molecular weight is 282 g/mol. The van der Waals surface area contributed by atoms with Crippen LogP contribution in [0.3, 0.4) is 0 Å². The number of hydrogen-bond acceptors (Lipinski definition) is 0. The molecule has 0 aromatic carbocycles. The van der Waals surface area contributed by atoms with Gasteiger partial charge in [-0.1, -0.05) is 56.1 Å². The Balaban J connectivity index is -0.0000000300. The molecule has 2 heteroatoms. The van der Waals surface area contributed by atoms with Crippen molar-refractivity contribution in [3.63, 3.8) is 0 Å². The minimum Gasteiger partial charge on any atom is -0.0776 e. The summed E-state index contributed by atoms with van der Waals surface area (Å²) in [5.74, 6) is 0. The van der Waals surface area contributed by atoms with Crippen molar-refractivity contribution in [3.05, 3.63) is 0 Å². The Morgan fingerprint density at radius 1 is 0.818 bits per heavy atom. The first kappa shape index (κ1) is 29.6. The van der Waals surface area contributed by atoms with Crippen molar-refractivity contribution >= 4 is 32.7 Å². The molecular weight excluding hydrogens is 255 g/mol. The van der Waals surface area contributed by atoms with Crippen LogP contribution in [-0.2, 0) is 0 Å². The molecule has 0 aliphatic carbocycles.